The van der Waals surface area contributed by atoms with Gasteiger partial charge in [0.25, 0.3) is 5.91 Å². The molecule has 3 rings (SSSR count). The van der Waals surface area contributed by atoms with E-state index in [4.69, 9.17) is 0 Å². The third kappa shape index (κ3) is 5.08. The predicted molar refractivity (Wildman–Crippen MR) is 108 cm³/mol. The molecule has 1 aromatic heterocycles. The van der Waals surface area contributed by atoms with Crippen LogP contribution < -0.4 is 4.90 Å². The minimum Gasteiger partial charge on any atom is -0.283 e. The zero-order chi connectivity index (χ0) is 19.2. The van der Waals surface area contributed by atoms with E-state index in [0.717, 1.165) is 5.56 Å². The van der Waals surface area contributed by atoms with Crippen molar-refractivity contribution in [2.45, 2.75) is 13.8 Å². The third-order valence-electron chi connectivity index (χ3n) is 3.75. The molecule has 0 unspecified atom stereocenters. The maximum Gasteiger partial charge on any atom is 0.252 e. The lowest BCUT2D eigenvalue weighted by Crippen LogP contribution is -2.32. The number of halogens is 1. The summed E-state index contributed by atoms with van der Waals surface area (Å²) in [6, 6.07) is 15.8. The Hall–Kier alpha value is -2.86. The van der Waals surface area contributed by atoms with E-state index < -0.39 is 0 Å². The maximum atomic E-state index is 13.5. The van der Waals surface area contributed by atoms with Gasteiger partial charge >= 0.3 is 0 Å². The van der Waals surface area contributed by atoms with Gasteiger partial charge in [-0.15, -0.1) is 10.2 Å². The highest BCUT2D eigenvalue weighted by Crippen LogP contribution is 2.29. The average Bonchev–Trinajstić information content (AvgIpc) is 3.15. The molecule has 0 atom stereocenters. The normalized spacial score (nSPS) is 11.3. The first-order chi connectivity index (χ1) is 13.0. The number of carbonyl (C=O) groups is 1. The lowest BCUT2D eigenvalue weighted by molar-refractivity contribution is -0.114. The minimum atomic E-state index is -0.329. The zero-order valence-electron chi connectivity index (χ0n) is 15.2. The van der Waals surface area contributed by atoms with Crippen LogP contribution in [-0.2, 0) is 4.79 Å². The molecule has 0 aliphatic carbocycles. The molecular weight excluding hydrogens is 361 g/mol. The molecule has 0 aliphatic rings. The summed E-state index contributed by atoms with van der Waals surface area (Å²) in [5, 5.41) is 9.40. The summed E-state index contributed by atoms with van der Waals surface area (Å²) in [6.45, 7) is 4.60. The molecule has 0 N–H and O–H groups in total. The Morgan fingerprint density at radius 1 is 1.15 bits per heavy atom. The second-order valence-electron chi connectivity index (χ2n) is 6.49. The van der Waals surface area contributed by atoms with Gasteiger partial charge in [-0.2, -0.15) is 0 Å². The van der Waals surface area contributed by atoms with Gasteiger partial charge in [0.15, 0.2) is 0 Å². The van der Waals surface area contributed by atoms with Crippen molar-refractivity contribution in [3.8, 4) is 10.6 Å². The number of hydrogen-bond acceptors (Lipinski definition) is 4. The van der Waals surface area contributed by atoms with E-state index in [2.05, 4.69) is 10.2 Å². The van der Waals surface area contributed by atoms with Crippen LogP contribution in [0.1, 0.15) is 19.4 Å². The Labute approximate surface area is 162 Å². The molecule has 0 fully saturated rings. The quantitative estimate of drug-likeness (QED) is 0.562. The van der Waals surface area contributed by atoms with E-state index in [0.29, 0.717) is 22.2 Å². The molecule has 0 radical (unpaired) electrons. The topological polar surface area (TPSA) is 46.1 Å². The SMILES string of the molecule is CC(C)CN(C(=O)/C=C/c1ccccc1)c1nnc(-c2cccc(F)c2)s1. The average molecular weight is 381 g/mol. The van der Waals surface area contributed by atoms with Crippen molar-refractivity contribution in [1.29, 1.82) is 0 Å². The number of rotatable bonds is 6. The van der Waals surface area contributed by atoms with Gasteiger partial charge in [0.2, 0.25) is 5.13 Å². The summed E-state index contributed by atoms with van der Waals surface area (Å²) in [4.78, 5) is 14.4. The van der Waals surface area contributed by atoms with Crippen LogP contribution in [0, 0.1) is 11.7 Å². The second-order valence-corrected chi connectivity index (χ2v) is 7.44. The monoisotopic (exact) mass is 381 g/mol. The van der Waals surface area contributed by atoms with Gasteiger partial charge < -0.3 is 0 Å². The van der Waals surface area contributed by atoms with Crippen LogP contribution in [0.4, 0.5) is 9.52 Å². The number of benzene rings is 2. The minimum absolute atomic E-state index is 0.158. The Bertz CT molecular complexity index is 937. The Morgan fingerprint density at radius 2 is 1.93 bits per heavy atom. The van der Waals surface area contributed by atoms with Gasteiger partial charge in [0.1, 0.15) is 10.8 Å². The molecule has 138 valence electrons. The van der Waals surface area contributed by atoms with Crippen molar-refractivity contribution in [3.05, 3.63) is 72.1 Å². The van der Waals surface area contributed by atoms with Crippen molar-refractivity contribution in [1.82, 2.24) is 10.2 Å². The molecule has 0 spiro atoms. The van der Waals surface area contributed by atoms with Crippen LogP contribution in [0.3, 0.4) is 0 Å². The second kappa shape index (κ2) is 8.68. The summed E-state index contributed by atoms with van der Waals surface area (Å²) >= 11 is 1.28. The van der Waals surface area contributed by atoms with Crippen LogP contribution in [0.25, 0.3) is 16.6 Å². The number of amides is 1. The highest BCUT2D eigenvalue weighted by molar-refractivity contribution is 7.18. The van der Waals surface area contributed by atoms with Gasteiger partial charge in [-0.3, -0.25) is 9.69 Å². The van der Waals surface area contributed by atoms with E-state index >= 15 is 0 Å². The first kappa shape index (κ1) is 18.9. The van der Waals surface area contributed by atoms with E-state index in [1.165, 1.54) is 23.5 Å². The lowest BCUT2D eigenvalue weighted by atomic mass is 10.2. The molecule has 3 aromatic rings. The molecule has 0 bridgehead atoms. The van der Waals surface area contributed by atoms with Crippen molar-refractivity contribution < 1.29 is 9.18 Å². The number of carbonyl (C=O) groups excluding carboxylic acids is 1. The van der Waals surface area contributed by atoms with Gasteiger partial charge in [0, 0.05) is 18.2 Å². The summed E-state index contributed by atoms with van der Waals surface area (Å²) in [5.41, 5.74) is 1.60. The van der Waals surface area contributed by atoms with Gasteiger partial charge in [-0.25, -0.2) is 4.39 Å². The number of nitrogens with zero attached hydrogens (tertiary/aromatic N) is 3. The molecular formula is C21H20FN3OS. The van der Waals surface area contributed by atoms with Crippen LogP contribution >= 0.6 is 11.3 Å². The largest absolute Gasteiger partial charge is 0.283 e. The van der Waals surface area contributed by atoms with Crippen molar-refractivity contribution in [2.24, 2.45) is 5.92 Å². The number of aromatic nitrogens is 2. The predicted octanol–water partition coefficient (Wildman–Crippen LogP) is 5.05. The Morgan fingerprint density at radius 3 is 2.63 bits per heavy atom. The van der Waals surface area contributed by atoms with Crippen LogP contribution in [-0.4, -0.2) is 22.6 Å². The van der Waals surface area contributed by atoms with Gasteiger partial charge in [-0.05, 0) is 29.7 Å². The Balaban J connectivity index is 1.84. The standard InChI is InChI=1S/C21H20FN3OS/c1-15(2)14-25(19(26)12-11-16-7-4-3-5-8-16)21-24-23-20(27-21)17-9-6-10-18(22)13-17/h3-13,15H,14H2,1-2H3/b12-11+. The fourth-order valence-corrected chi connectivity index (χ4v) is 3.37. The summed E-state index contributed by atoms with van der Waals surface area (Å²) in [6.07, 6.45) is 3.32. The van der Waals surface area contributed by atoms with Crippen molar-refractivity contribution in [3.63, 3.8) is 0 Å². The first-order valence-electron chi connectivity index (χ1n) is 8.67. The molecule has 4 nitrogen and oxygen atoms in total. The third-order valence-corrected chi connectivity index (χ3v) is 4.74. The number of anilines is 1. The highest BCUT2D eigenvalue weighted by Gasteiger charge is 2.20. The molecule has 1 amide bonds. The van der Waals surface area contributed by atoms with Crippen LogP contribution in [0.15, 0.2) is 60.7 Å². The zero-order valence-corrected chi connectivity index (χ0v) is 16.0. The molecule has 0 aliphatic heterocycles. The molecule has 6 heteroatoms. The molecule has 27 heavy (non-hydrogen) atoms. The van der Waals surface area contributed by atoms with Crippen LogP contribution in [0.2, 0.25) is 0 Å². The molecule has 0 saturated carbocycles. The van der Waals surface area contributed by atoms with Crippen molar-refractivity contribution >= 4 is 28.5 Å². The van der Waals surface area contributed by atoms with E-state index in [1.54, 1.807) is 29.2 Å². The van der Waals surface area contributed by atoms with E-state index in [1.807, 2.05) is 44.2 Å². The van der Waals surface area contributed by atoms with Crippen molar-refractivity contribution in [2.75, 3.05) is 11.4 Å². The highest BCUT2D eigenvalue weighted by atomic mass is 32.1. The fraction of sp³-hybridized carbons (Fsp3) is 0.190. The van der Waals surface area contributed by atoms with Crippen LogP contribution in [0.5, 0.6) is 0 Å². The summed E-state index contributed by atoms with van der Waals surface area (Å²) in [7, 11) is 0. The van der Waals surface area contributed by atoms with Gasteiger partial charge in [-0.1, -0.05) is 67.6 Å². The lowest BCUT2D eigenvalue weighted by Gasteiger charge is -2.19. The summed E-state index contributed by atoms with van der Waals surface area (Å²) < 4.78 is 13.5. The fourth-order valence-electron chi connectivity index (χ4n) is 2.51. The first-order valence-corrected chi connectivity index (χ1v) is 9.48. The molecule has 0 saturated heterocycles. The smallest absolute Gasteiger partial charge is 0.252 e. The summed E-state index contributed by atoms with van der Waals surface area (Å²) in [5.74, 6) is -0.222. The Kier molecular flexibility index (Phi) is 6.08. The van der Waals surface area contributed by atoms with E-state index in [-0.39, 0.29) is 17.6 Å². The number of hydrogen-bond donors (Lipinski definition) is 0. The maximum absolute atomic E-state index is 13.5. The molecule has 2 aromatic carbocycles. The molecule has 1 heterocycles. The van der Waals surface area contributed by atoms with E-state index in [9.17, 15) is 9.18 Å². The van der Waals surface area contributed by atoms with Gasteiger partial charge in [0.05, 0.1) is 0 Å².